The van der Waals surface area contributed by atoms with Crippen molar-refractivity contribution in [2.45, 2.75) is 32.3 Å². The third-order valence-electron chi connectivity index (χ3n) is 3.73. The minimum Gasteiger partial charge on any atom is -0.356 e. The van der Waals surface area contributed by atoms with Gasteiger partial charge in [-0.1, -0.05) is 19.1 Å². The van der Waals surface area contributed by atoms with Gasteiger partial charge >= 0.3 is 0 Å². The van der Waals surface area contributed by atoms with Crippen LogP contribution in [0.1, 0.15) is 36.8 Å². The lowest BCUT2D eigenvalue weighted by Gasteiger charge is -2.05. The van der Waals surface area contributed by atoms with Gasteiger partial charge in [0.05, 0.1) is 0 Å². The number of hydrogen-bond donors (Lipinski definition) is 1. The van der Waals surface area contributed by atoms with E-state index in [1.54, 1.807) is 0 Å². The standard InChI is InChI=1S/C14H17NO3/c1-2-14(16)15-7-9-6-11(9)10-4-3-5-13-12(10)8-17-18-13/h3-5,9,11H,2,6-8H2,1H3,(H,15,16). The number of amides is 1. The zero-order valence-electron chi connectivity index (χ0n) is 10.4. The van der Waals surface area contributed by atoms with Crippen LogP contribution >= 0.6 is 0 Å². The first-order valence-corrected chi connectivity index (χ1v) is 6.47. The molecule has 1 aliphatic heterocycles. The highest BCUT2D eigenvalue weighted by Gasteiger charge is 2.40. The Labute approximate surface area is 106 Å². The lowest BCUT2D eigenvalue weighted by molar-refractivity contribution is -0.194. The molecule has 2 aliphatic rings. The summed E-state index contributed by atoms with van der Waals surface area (Å²) in [5.41, 5.74) is 2.49. The zero-order valence-corrected chi connectivity index (χ0v) is 10.4. The van der Waals surface area contributed by atoms with Crippen molar-refractivity contribution >= 4 is 5.91 Å². The summed E-state index contributed by atoms with van der Waals surface area (Å²) in [5, 5.41) is 2.96. The van der Waals surface area contributed by atoms with Gasteiger partial charge in [-0.3, -0.25) is 4.79 Å². The van der Waals surface area contributed by atoms with Gasteiger partial charge in [-0.25, -0.2) is 0 Å². The minimum atomic E-state index is 0.130. The van der Waals surface area contributed by atoms with E-state index in [-0.39, 0.29) is 5.91 Å². The number of hydrogen-bond acceptors (Lipinski definition) is 3. The van der Waals surface area contributed by atoms with Gasteiger partial charge < -0.3 is 10.2 Å². The molecule has 0 aromatic heterocycles. The molecular weight excluding hydrogens is 230 g/mol. The summed E-state index contributed by atoms with van der Waals surface area (Å²) in [6, 6.07) is 6.08. The molecule has 96 valence electrons. The van der Waals surface area contributed by atoms with Gasteiger partial charge in [0.2, 0.25) is 5.91 Å². The number of carbonyl (C=O) groups excluding carboxylic acids is 1. The molecule has 2 atom stereocenters. The van der Waals surface area contributed by atoms with Crippen LogP contribution in [0.4, 0.5) is 0 Å². The molecule has 1 fully saturated rings. The molecule has 4 nitrogen and oxygen atoms in total. The average Bonchev–Trinajstić information content (AvgIpc) is 3.00. The fraction of sp³-hybridized carbons (Fsp3) is 0.500. The Kier molecular flexibility index (Phi) is 2.96. The second kappa shape index (κ2) is 4.61. The van der Waals surface area contributed by atoms with Crippen molar-refractivity contribution in [3.8, 4) is 5.75 Å². The molecule has 2 unspecified atom stereocenters. The van der Waals surface area contributed by atoms with Crippen molar-refractivity contribution in [1.82, 2.24) is 5.32 Å². The van der Waals surface area contributed by atoms with Crippen LogP contribution in [0, 0.1) is 5.92 Å². The monoisotopic (exact) mass is 247 g/mol. The zero-order chi connectivity index (χ0) is 12.5. The Balaban J connectivity index is 1.64. The third kappa shape index (κ3) is 2.08. The quantitative estimate of drug-likeness (QED) is 0.829. The van der Waals surface area contributed by atoms with E-state index >= 15 is 0 Å². The largest absolute Gasteiger partial charge is 0.356 e. The highest BCUT2D eigenvalue weighted by molar-refractivity contribution is 5.75. The molecule has 0 bridgehead atoms. The minimum absolute atomic E-state index is 0.130. The molecule has 18 heavy (non-hydrogen) atoms. The van der Waals surface area contributed by atoms with Crippen molar-refractivity contribution < 1.29 is 14.6 Å². The van der Waals surface area contributed by atoms with Gasteiger partial charge in [-0.05, 0) is 29.9 Å². The van der Waals surface area contributed by atoms with Crippen LogP contribution in [-0.2, 0) is 16.3 Å². The first kappa shape index (κ1) is 11.5. The van der Waals surface area contributed by atoms with Gasteiger partial charge in [-0.2, -0.15) is 4.89 Å². The fourth-order valence-corrected chi connectivity index (χ4v) is 2.54. The number of nitrogens with one attached hydrogen (secondary N) is 1. The molecule has 1 heterocycles. The third-order valence-corrected chi connectivity index (χ3v) is 3.73. The van der Waals surface area contributed by atoms with Crippen molar-refractivity contribution in [1.29, 1.82) is 0 Å². The number of benzene rings is 1. The summed E-state index contributed by atoms with van der Waals surface area (Å²) in [5.74, 6) is 2.08. The topological polar surface area (TPSA) is 47.6 Å². The van der Waals surface area contributed by atoms with E-state index in [2.05, 4.69) is 11.4 Å². The molecule has 1 aromatic rings. The molecule has 3 rings (SSSR count). The Morgan fingerprint density at radius 1 is 1.50 bits per heavy atom. The van der Waals surface area contributed by atoms with Crippen LogP contribution in [0.15, 0.2) is 18.2 Å². The highest BCUT2D eigenvalue weighted by Crippen LogP contribution is 2.50. The fourth-order valence-electron chi connectivity index (χ4n) is 2.54. The second-order valence-electron chi connectivity index (χ2n) is 4.93. The molecule has 1 aliphatic carbocycles. The van der Waals surface area contributed by atoms with E-state index in [4.69, 9.17) is 9.78 Å². The maximum Gasteiger partial charge on any atom is 0.219 e. The van der Waals surface area contributed by atoms with Crippen LogP contribution in [0.2, 0.25) is 0 Å². The molecule has 4 heteroatoms. The summed E-state index contributed by atoms with van der Waals surface area (Å²) in [4.78, 5) is 21.3. The molecule has 1 saturated carbocycles. The van der Waals surface area contributed by atoms with E-state index in [1.807, 2.05) is 19.1 Å². The average molecular weight is 247 g/mol. The Bertz CT molecular complexity index is 472. The highest BCUT2D eigenvalue weighted by atomic mass is 17.2. The van der Waals surface area contributed by atoms with Gasteiger partial charge in [0, 0.05) is 18.5 Å². The normalized spacial score (nSPS) is 24.3. The number of carbonyl (C=O) groups is 1. The summed E-state index contributed by atoms with van der Waals surface area (Å²) in [6.07, 6.45) is 1.69. The Hall–Kier alpha value is -1.55. The molecule has 1 amide bonds. The van der Waals surface area contributed by atoms with Gasteiger partial charge in [-0.15, -0.1) is 0 Å². The molecule has 0 spiro atoms. The van der Waals surface area contributed by atoms with Crippen LogP contribution in [0.3, 0.4) is 0 Å². The van der Waals surface area contributed by atoms with E-state index in [0.29, 0.717) is 24.9 Å². The molecular formula is C14H17NO3. The van der Waals surface area contributed by atoms with Gasteiger partial charge in [0.25, 0.3) is 0 Å². The van der Waals surface area contributed by atoms with Crippen molar-refractivity contribution in [3.63, 3.8) is 0 Å². The Morgan fingerprint density at radius 2 is 2.39 bits per heavy atom. The van der Waals surface area contributed by atoms with Crippen molar-refractivity contribution in [2.75, 3.05) is 6.54 Å². The maximum absolute atomic E-state index is 11.2. The van der Waals surface area contributed by atoms with Crippen LogP contribution < -0.4 is 10.2 Å². The molecule has 1 aromatic carbocycles. The molecule has 1 N–H and O–H groups in total. The smallest absolute Gasteiger partial charge is 0.219 e. The van der Waals surface area contributed by atoms with Gasteiger partial charge in [0.1, 0.15) is 6.61 Å². The van der Waals surface area contributed by atoms with Crippen LogP contribution in [-0.4, -0.2) is 12.5 Å². The summed E-state index contributed by atoms with van der Waals surface area (Å²) in [7, 11) is 0. The van der Waals surface area contributed by atoms with E-state index in [9.17, 15) is 4.79 Å². The first-order chi connectivity index (χ1) is 8.79. The summed E-state index contributed by atoms with van der Waals surface area (Å²) < 4.78 is 0. The lowest BCUT2D eigenvalue weighted by atomic mass is 10.0. The van der Waals surface area contributed by atoms with Crippen molar-refractivity contribution in [2.24, 2.45) is 5.92 Å². The second-order valence-corrected chi connectivity index (χ2v) is 4.93. The van der Waals surface area contributed by atoms with E-state index in [0.717, 1.165) is 18.7 Å². The summed E-state index contributed by atoms with van der Waals surface area (Å²) in [6.45, 7) is 3.19. The molecule has 0 saturated heterocycles. The predicted octanol–water partition coefficient (Wildman–Crippen LogP) is 2.14. The Morgan fingerprint density at radius 3 is 3.22 bits per heavy atom. The van der Waals surface area contributed by atoms with Crippen LogP contribution in [0.25, 0.3) is 0 Å². The van der Waals surface area contributed by atoms with Gasteiger partial charge in [0.15, 0.2) is 5.75 Å². The lowest BCUT2D eigenvalue weighted by Crippen LogP contribution is -2.24. The first-order valence-electron chi connectivity index (χ1n) is 6.47. The van der Waals surface area contributed by atoms with Crippen molar-refractivity contribution in [3.05, 3.63) is 29.3 Å². The van der Waals surface area contributed by atoms with E-state index < -0.39 is 0 Å². The molecule has 0 radical (unpaired) electrons. The number of rotatable bonds is 4. The van der Waals surface area contributed by atoms with Crippen LogP contribution in [0.5, 0.6) is 5.75 Å². The summed E-state index contributed by atoms with van der Waals surface area (Å²) >= 11 is 0. The predicted molar refractivity (Wildman–Crippen MR) is 66.0 cm³/mol. The SMILES string of the molecule is CCC(=O)NCC1CC1c1cccc2c1COO2. The van der Waals surface area contributed by atoms with E-state index in [1.165, 1.54) is 11.1 Å². The maximum atomic E-state index is 11.2. The number of fused-ring (bicyclic) bond motifs is 1.